The van der Waals surface area contributed by atoms with E-state index in [2.05, 4.69) is 179 Å². The second-order valence-electron chi connectivity index (χ2n) is 22.5. The predicted octanol–water partition coefficient (Wildman–Crippen LogP) is 14.8. The second-order valence-corrected chi connectivity index (χ2v) is 22.5. The molecular weight excluding hydrogens is 697 g/mol. The van der Waals surface area contributed by atoms with Gasteiger partial charge in [-0.2, -0.15) is 0 Å². The minimum Gasteiger partial charge on any atom is -0.507 e. The average molecular weight is 769 g/mol. The quantitative estimate of drug-likeness (QED) is 0.183. The maximum Gasteiger partial charge on any atom is 0.123 e. The number of hydrogen-bond acceptors (Lipinski definition) is 3. The van der Waals surface area contributed by atoms with Crippen molar-refractivity contribution in [2.45, 2.75) is 157 Å². The van der Waals surface area contributed by atoms with E-state index >= 15 is 0 Å². The van der Waals surface area contributed by atoms with Crippen LogP contribution in [-0.4, -0.2) is 15.3 Å². The summed E-state index contributed by atoms with van der Waals surface area (Å²) in [5.41, 5.74) is 11.4. The fourth-order valence-corrected chi connectivity index (χ4v) is 7.51. The fourth-order valence-electron chi connectivity index (χ4n) is 7.51. The molecule has 0 fully saturated rings. The fraction of sp³-hybridized carbons (Fsp3) is 0.444. The van der Waals surface area contributed by atoms with Gasteiger partial charge >= 0.3 is 0 Å². The van der Waals surface area contributed by atoms with Crippen molar-refractivity contribution in [1.29, 1.82) is 0 Å². The van der Waals surface area contributed by atoms with E-state index in [1.165, 1.54) is 0 Å². The third-order valence-electron chi connectivity index (χ3n) is 11.2. The zero-order valence-corrected chi connectivity index (χ0v) is 38.7. The van der Waals surface area contributed by atoms with Crippen LogP contribution in [0.4, 0.5) is 0 Å². The Labute approximate surface area is 346 Å². The highest BCUT2D eigenvalue weighted by Crippen LogP contribution is 2.46. The molecule has 57 heavy (non-hydrogen) atoms. The summed E-state index contributed by atoms with van der Waals surface area (Å²) < 4.78 is 0. The molecule has 4 rings (SSSR count). The van der Waals surface area contributed by atoms with E-state index in [9.17, 15) is 15.3 Å². The van der Waals surface area contributed by atoms with Crippen LogP contribution in [-0.2, 0) is 32.5 Å². The van der Waals surface area contributed by atoms with Gasteiger partial charge in [-0.15, -0.1) is 0 Å². The minimum atomic E-state index is -0.307. The molecular formula is C54H72O3. The second kappa shape index (κ2) is 14.7. The van der Waals surface area contributed by atoms with Crippen LogP contribution in [0.3, 0.4) is 0 Å². The van der Waals surface area contributed by atoms with E-state index in [0.29, 0.717) is 17.2 Å². The molecule has 0 radical (unpaired) electrons. The van der Waals surface area contributed by atoms with E-state index in [1.54, 1.807) is 0 Å². The van der Waals surface area contributed by atoms with Crippen LogP contribution in [0.15, 0.2) is 74.3 Å². The van der Waals surface area contributed by atoms with Gasteiger partial charge < -0.3 is 15.3 Å². The average Bonchev–Trinajstić information content (AvgIpc) is 3.04. The molecule has 0 aliphatic heterocycles. The van der Waals surface area contributed by atoms with Crippen LogP contribution in [0, 0.1) is 0 Å². The Morgan fingerprint density at radius 1 is 0.281 bits per heavy atom. The summed E-state index contributed by atoms with van der Waals surface area (Å²) >= 11 is 0. The molecule has 3 nitrogen and oxygen atoms in total. The largest absolute Gasteiger partial charge is 0.507 e. The van der Waals surface area contributed by atoms with E-state index in [1.807, 2.05) is 0 Å². The SMILES string of the molecule is C=C(c1cc(C(=C)c2cc(C(C)(C)C)c(O)c(C(C)(C)C)c2)cc(C(=C)c2cc(C(C)(C)C)c(O)c(C(C)(C)C)c2)c1)c1cc(C(C)(C)C)c(O)c(C(C)(C)C)c1. The number of aromatic hydroxyl groups is 3. The molecule has 0 bridgehead atoms. The lowest BCUT2D eigenvalue weighted by Gasteiger charge is -2.29. The Morgan fingerprint density at radius 3 is 0.526 bits per heavy atom. The van der Waals surface area contributed by atoms with Crippen molar-refractivity contribution in [2.24, 2.45) is 0 Å². The van der Waals surface area contributed by atoms with Crippen molar-refractivity contribution in [2.75, 3.05) is 0 Å². The summed E-state index contributed by atoms with van der Waals surface area (Å²) in [7, 11) is 0. The van der Waals surface area contributed by atoms with Gasteiger partial charge in [-0.3, -0.25) is 0 Å². The molecule has 306 valence electrons. The molecule has 0 heterocycles. The molecule has 4 aromatic carbocycles. The number of rotatable bonds is 6. The van der Waals surface area contributed by atoms with Crippen LogP contribution >= 0.6 is 0 Å². The first-order chi connectivity index (χ1) is 25.5. The zero-order chi connectivity index (χ0) is 43.8. The van der Waals surface area contributed by atoms with Crippen LogP contribution < -0.4 is 0 Å². The third-order valence-corrected chi connectivity index (χ3v) is 11.2. The molecule has 0 amide bonds. The maximum absolute atomic E-state index is 11.6. The smallest absolute Gasteiger partial charge is 0.123 e. The van der Waals surface area contributed by atoms with Crippen molar-refractivity contribution in [1.82, 2.24) is 0 Å². The molecule has 0 unspecified atom stereocenters. The van der Waals surface area contributed by atoms with Crippen LogP contribution in [0.25, 0.3) is 16.7 Å². The van der Waals surface area contributed by atoms with E-state index in [4.69, 9.17) is 19.7 Å². The first kappa shape index (κ1) is 45.2. The third kappa shape index (κ3) is 9.46. The molecule has 0 spiro atoms. The highest BCUT2D eigenvalue weighted by atomic mass is 16.3. The van der Waals surface area contributed by atoms with Crippen molar-refractivity contribution in [3.63, 3.8) is 0 Å². The summed E-state index contributed by atoms with van der Waals surface area (Å²) in [5, 5.41) is 34.8. The van der Waals surface area contributed by atoms with E-state index in [-0.39, 0.29) is 32.5 Å². The van der Waals surface area contributed by atoms with Gasteiger partial charge in [0.2, 0.25) is 0 Å². The van der Waals surface area contributed by atoms with Crippen LogP contribution in [0.1, 0.15) is 191 Å². The monoisotopic (exact) mass is 769 g/mol. The lowest BCUT2D eigenvalue weighted by molar-refractivity contribution is 0.422. The first-order valence-corrected chi connectivity index (χ1v) is 20.4. The van der Waals surface area contributed by atoms with Crippen LogP contribution in [0.5, 0.6) is 17.2 Å². The van der Waals surface area contributed by atoms with Gasteiger partial charge in [0.05, 0.1) is 0 Å². The van der Waals surface area contributed by atoms with Crippen molar-refractivity contribution >= 4 is 16.7 Å². The molecule has 0 saturated heterocycles. The normalized spacial score (nSPS) is 13.2. The molecule has 3 N–H and O–H groups in total. The molecule has 0 aliphatic rings. The predicted molar refractivity (Wildman–Crippen MR) is 247 cm³/mol. The summed E-state index contributed by atoms with van der Waals surface area (Å²) in [5.74, 6) is 0.989. The summed E-state index contributed by atoms with van der Waals surface area (Å²) in [6, 6.07) is 19.0. The Kier molecular flexibility index (Phi) is 11.7. The molecule has 0 aliphatic carbocycles. The Bertz CT molecular complexity index is 1880. The first-order valence-electron chi connectivity index (χ1n) is 20.4. The molecule has 0 aromatic heterocycles. The van der Waals surface area contributed by atoms with Crippen molar-refractivity contribution in [3.05, 3.63) is 141 Å². The highest BCUT2D eigenvalue weighted by Gasteiger charge is 2.31. The standard InChI is InChI=1S/C54H72O3/c1-31(37-25-40(49(4,5)6)46(55)41(26-37)50(7,8)9)34-22-35(32(2)38-27-42(51(10,11)12)47(56)43(28-38)52(13,14)15)24-36(23-34)33(3)39-29-44(53(16,17)18)48(57)45(30-39)54(19,20)21/h22-30,55-57H,1-3H2,4-21H3. The van der Waals surface area contributed by atoms with Gasteiger partial charge in [0, 0.05) is 33.4 Å². The summed E-state index contributed by atoms with van der Waals surface area (Å²) in [6.07, 6.45) is 0. The zero-order valence-electron chi connectivity index (χ0n) is 38.7. The lowest BCUT2D eigenvalue weighted by atomic mass is 9.76. The molecule has 3 heteroatoms. The number of phenolic OH excluding ortho intramolecular Hbond substituents is 3. The van der Waals surface area contributed by atoms with Gasteiger partial charge in [0.15, 0.2) is 0 Å². The lowest BCUT2D eigenvalue weighted by Crippen LogP contribution is -2.18. The van der Waals surface area contributed by atoms with Gasteiger partial charge in [0.1, 0.15) is 17.2 Å². The van der Waals surface area contributed by atoms with Crippen LogP contribution in [0.2, 0.25) is 0 Å². The number of benzene rings is 4. The van der Waals surface area contributed by atoms with Gasteiger partial charge in [-0.1, -0.05) is 144 Å². The summed E-state index contributed by atoms with van der Waals surface area (Å²) in [4.78, 5) is 0. The molecule has 0 saturated carbocycles. The van der Waals surface area contributed by atoms with Gasteiger partial charge in [-0.25, -0.2) is 0 Å². The summed E-state index contributed by atoms with van der Waals surface area (Å²) in [6.45, 7) is 52.4. The number of phenols is 3. The Balaban J connectivity index is 2.10. The topological polar surface area (TPSA) is 60.7 Å². The van der Waals surface area contributed by atoms with E-state index in [0.717, 1.165) is 83.5 Å². The van der Waals surface area contributed by atoms with Crippen molar-refractivity contribution < 1.29 is 15.3 Å². The molecule has 0 atom stereocenters. The van der Waals surface area contributed by atoms with Crippen molar-refractivity contribution in [3.8, 4) is 17.2 Å². The Hall–Kier alpha value is -4.50. The Morgan fingerprint density at radius 2 is 0.404 bits per heavy atom. The van der Waals surface area contributed by atoms with Gasteiger partial charge in [0.25, 0.3) is 0 Å². The molecule has 4 aromatic rings. The van der Waals surface area contributed by atoms with Gasteiger partial charge in [-0.05, 0) is 137 Å². The highest BCUT2D eigenvalue weighted by molar-refractivity contribution is 5.89. The minimum absolute atomic E-state index is 0.307. The van der Waals surface area contributed by atoms with E-state index < -0.39 is 0 Å². The number of hydrogen-bond donors (Lipinski definition) is 3. The maximum atomic E-state index is 11.6.